The Bertz CT molecular complexity index is 422. The van der Waals surface area contributed by atoms with Gasteiger partial charge in [-0.15, -0.1) is 11.3 Å². The summed E-state index contributed by atoms with van der Waals surface area (Å²) in [6.45, 7) is 4.17. The average Bonchev–Trinajstić information content (AvgIpc) is 3.21. The topological polar surface area (TPSA) is 46.1 Å². The highest BCUT2D eigenvalue weighted by Gasteiger charge is 2.43. The molecule has 0 unspecified atom stereocenters. The van der Waals surface area contributed by atoms with Crippen molar-refractivity contribution in [3.63, 3.8) is 0 Å². The van der Waals surface area contributed by atoms with Crippen LogP contribution in [0.1, 0.15) is 37.5 Å². The van der Waals surface area contributed by atoms with Crippen LogP contribution in [0.25, 0.3) is 0 Å². The zero-order valence-electron chi connectivity index (χ0n) is 12.9. The molecule has 21 heavy (non-hydrogen) atoms. The Labute approximate surface area is 131 Å². The second-order valence-corrected chi connectivity index (χ2v) is 7.95. The van der Waals surface area contributed by atoms with Crippen LogP contribution in [-0.2, 0) is 11.3 Å². The molecule has 2 fully saturated rings. The van der Waals surface area contributed by atoms with Gasteiger partial charge in [0.15, 0.2) is 0 Å². The minimum absolute atomic E-state index is 0.356. The number of rotatable bonds is 8. The molecule has 5 atom stereocenters. The van der Waals surface area contributed by atoms with E-state index in [0.29, 0.717) is 19.3 Å². The van der Waals surface area contributed by atoms with Gasteiger partial charge in [0.25, 0.3) is 0 Å². The normalized spacial score (nSPS) is 30.7. The first-order valence-electron chi connectivity index (χ1n) is 8.34. The molecule has 2 aliphatic carbocycles. The molecule has 0 amide bonds. The van der Waals surface area contributed by atoms with Crippen LogP contribution in [0.5, 0.6) is 0 Å². The van der Waals surface area contributed by atoms with E-state index in [1.54, 1.807) is 11.3 Å². The Morgan fingerprint density at radius 1 is 1.43 bits per heavy atom. The summed E-state index contributed by atoms with van der Waals surface area (Å²) in [7, 11) is 0. The van der Waals surface area contributed by atoms with Crippen LogP contribution in [0.3, 0.4) is 0 Å². The summed E-state index contributed by atoms with van der Waals surface area (Å²) in [5, 5.41) is 14.4. The molecule has 3 nitrogen and oxygen atoms in total. The van der Waals surface area contributed by atoms with Gasteiger partial charge in [0, 0.05) is 10.8 Å². The summed E-state index contributed by atoms with van der Waals surface area (Å²) in [6.07, 6.45) is 5.45. The number of thiophene rings is 1. The van der Waals surface area contributed by atoms with E-state index in [1.165, 1.54) is 30.6 Å². The first kappa shape index (κ1) is 15.5. The minimum Gasteiger partial charge on any atom is -0.385 e. The van der Waals surface area contributed by atoms with Crippen LogP contribution >= 0.6 is 11.3 Å². The summed E-state index contributed by atoms with van der Waals surface area (Å²) < 4.78 is 5.59. The number of nitrogens with two attached hydrogens (primary N) is 1. The fraction of sp³-hybridized carbons (Fsp3) is 0.765. The number of aliphatic hydroxyl groups is 1. The van der Waals surface area contributed by atoms with Crippen molar-refractivity contribution in [2.45, 2.75) is 51.4 Å². The second kappa shape index (κ2) is 7.23. The monoisotopic (exact) mass is 310 g/mol. The Kier molecular flexibility index (Phi) is 5.33. The largest absolute Gasteiger partial charge is 0.385 e. The van der Waals surface area contributed by atoms with E-state index in [-0.39, 0.29) is 6.10 Å². The maximum atomic E-state index is 10.0. The highest BCUT2D eigenvalue weighted by molar-refractivity contribution is 7.09. The van der Waals surface area contributed by atoms with E-state index in [9.17, 15) is 5.11 Å². The maximum absolute atomic E-state index is 10.0. The molecule has 0 aliphatic heterocycles. The highest BCUT2D eigenvalue weighted by Crippen LogP contribution is 2.48. The molecule has 4 heteroatoms. The molecule has 0 radical (unpaired) electrons. The van der Waals surface area contributed by atoms with Gasteiger partial charge in [-0.3, -0.25) is 0 Å². The van der Waals surface area contributed by atoms with Crippen LogP contribution in [0.15, 0.2) is 17.5 Å². The third-order valence-electron chi connectivity index (χ3n) is 5.38. The van der Waals surface area contributed by atoms with Gasteiger partial charge in [-0.05, 0) is 49.5 Å². The van der Waals surface area contributed by atoms with Crippen LogP contribution in [0.2, 0.25) is 0 Å². The predicted octanol–water partition coefficient (Wildman–Crippen LogP) is 2.01. The predicted molar refractivity (Wildman–Crippen MR) is 85.2 cm³/mol. The van der Waals surface area contributed by atoms with Gasteiger partial charge in [0.1, 0.15) is 12.6 Å². The summed E-state index contributed by atoms with van der Waals surface area (Å²) in [4.78, 5) is 1.22. The zero-order valence-corrected chi connectivity index (χ0v) is 13.7. The molecule has 1 heterocycles. The van der Waals surface area contributed by atoms with Gasteiger partial charge < -0.3 is 15.2 Å². The van der Waals surface area contributed by atoms with Crippen LogP contribution in [0, 0.1) is 17.8 Å². The minimum atomic E-state index is -0.356. The number of hydrogen-bond donors (Lipinski definition) is 2. The molecule has 3 N–H and O–H groups in total. The highest BCUT2D eigenvalue weighted by atomic mass is 32.1. The number of hydrogen-bond acceptors (Lipinski definition) is 3. The molecular weight excluding hydrogens is 282 g/mol. The first-order valence-corrected chi connectivity index (χ1v) is 9.22. The van der Waals surface area contributed by atoms with Gasteiger partial charge in [-0.2, -0.15) is 0 Å². The lowest BCUT2D eigenvalue weighted by atomic mass is 9.84. The van der Waals surface area contributed by atoms with E-state index in [4.69, 9.17) is 4.74 Å². The van der Waals surface area contributed by atoms with Crippen LogP contribution in [-0.4, -0.2) is 30.4 Å². The summed E-state index contributed by atoms with van der Waals surface area (Å²) in [5.41, 5.74) is 0. The Morgan fingerprint density at radius 3 is 3.00 bits per heavy atom. The van der Waals surface area contributed by atoms with Crippen LogP contribution < -0.4 is 5.32 Å². The molecule has 1 aromatic heterocycles. The zero-order chi connectivity index (χ0) is 14.7. The summed E-state index contributed by atoms with van der Waals surface area (Å²) >= 11 is 1.70. The molecule has 0 saturated heterocycles. The van der Waals surface area contributed by atoms with E-state index >= 15 is 0 Å². The van der Waals surface area contributed by atoms with E-state index < -0.39 is 0 Å². The first-order chi connectivity index (χ1) is 10.2. The third kappa shape index (κ3) is 4.07. The molecular formula is C17H28NO2S+. The van der Waals surface area contributed by atoms with Gasteiger partial charge in [0.2, 0.25) is 0 Å². The molecule has 3 rings (SSSR count). The van der Waals surface area contributed by atoms with Gasteiger partial charge >= 0.3 is 0 Å². The van der Waals surface area contributed by atoms with Crippen molar-refractivity contribution < 1.29 is 15.2 Å². The van der Waals surface area contributed by atoms with E-state index in [1.807, 2.05) is 6.07 Å². The quantitative estimate of drug-likeness (QED) is 0.771. The van der Waals surface area contributed by atoms with E-state index in [2.05, 4.69) is 23.7 Å². The molecule has 2 bridgehead atoms. The Morgan fingerprint density at radius 2 is 2.33 bits per heavy atom. The van der Waals surface area contributed by atoms with Gasteiger partial charge in [-0.25, -0.2) is 0 Å². The van der Waals surface area contributed by atoms with Crippen molar-refractivity contribution in [2.75, 3.05) is 13.2 Å². The fourth-order valence-corrected chi connectivity index (χ4v) is 4.88. The van der Waals surface area contributed by atoms with Crippen molar-refractivity contribution in [3.8, 4) is 0 Å². The molecule has 2 saturated carbocycles. The van der Waals surface area contributed by atoms with Crippen molar-refractivity contribution in [2.24, 2.45) is 17.8 Å². The molecule has 1 aromatic rings. The fourth-order valence-electron chi connectivity index (χ4n) is 4.24. The van der Waals surface area contributed by atoms with E-state index in [0.717, 1.165) is 24.3 Å². The number of aliphatic hydroxyl groups excluding tert-OH is 1. The van der Waals surface area contributed by atoms with Gasteiger partial charge in [-0.1, -0.05) is 12.5 Å². The lowest BCUT2D eigenvalue weighted by Gasteiger charge is -2.26. The summed E-state index contributed by atoms with van der Waals surface area (Å²) in [6, 6.07) is 4.75. The SMILES string of the molecule is C[C@@H]([NH2+]C[C@H](O)COCc1cccs1)[C@H]1C[C@H]2CC[C@@H]1C2. The standard InChI is InChI=1S/C17H27NO2S/c1-12(17-8-13-4-5-14(17)7-13)18-9-15(19)10-20-11-16-3-2-6-21-16/h2-3,6,12-15,17-19H,4-5,7-11H2,1H3/p+1/t12-,13+,14-,15+,17-/m1/s1. The Balaban J connectivity index is 1.31. The molecule has 0 aromatic carbocycles. The average molecular weight is 310 g/mol. The van der Waals surface area contributed by atoms with Crippen molar-refractivity contribution >= 4 is 11.3 Å². The molecule has 0 spiro atoms. The lowest BCUT2D eigenvalue weighted by Crippen LogP contribution is -2.92. The van der Waals surface area contributed by atoms with Crippen LogP contribution in [0.4, 0.5) is 0 Å². The van der Waals surface area contributed by atoms with Gasteiger partial charge in [0.05, 0.1) is 19.3 Å². The van der Waals surface area contributed by atoms with Crippen molar-refractivity contribution in [3.05, 3.63) is 22.4 Å². The number of quaternary nitrogens is 1. The smallest absolute Gasteiger partial charge is 0.126 e. The number of ether oxygens (including phenoxy) is 1. The number of fused-ring (bicyclic) bond motifs is 2. The summed E-state index contributed by atoms with van der Waals surface area (Å²) in [5.74, 6) is 2.85. The maximum Gasteiger partial charge on any atom is 0.126 e. The lowest BCUT2D eigenvalue weighted by molar-refractivity contribution is -0.699. The van der Waals surface area contributed by atoms with Crippen molar-refractivity contribution in [1.82, 2.24) is 0 Å². The molecule has 118 valence electrons. The second-order valence-electron chi connectivity index (χ2n) is 6.92. The Hall–Kier alpha value is -0.420. The van der Waals surface area contributed by atoms with Crippen molar-refractivity contribution in [1.29, 1.82) is 0 Å². The molecule has 2 aliphatic rings. The third-order valence-corrected chi connectivity index (χ3v) is 6.23.